The first-order valence-corrected chi connectivity index (χ1v) is 9.18. The van der Waals surface area contributed by atoms with Crippen LogP contribution in [0.5, 0.6) is 5.75 Å². The molecule has 5 nitrogen and oxygen atoms in total. The summed E-state index contributed by atoms with van der Waals surface area (Å²) in [5.41, 5.74) is 1.02. The summed E-state index contributed by atoms with van der Waals surface area (Å²) in [7, 11) is 0. The molecule has 0 aliphatic heterocycles. The van der Waals surface area contributed by atoms with Crippen molar-refractivity contribution in [1.29, 1.82) is 0 Å². The first-order chi connectivity index (χ1) is 13.2. The normalized spacial score (nSPS) is 11.2. The molecule has 1 aromatic heterocycles. The van der Waals surface area contributed by atoms with Crippen LogP contribution in [-0.4, -0.2) is 17.3 Å². The highest BCUT2D eigenvalue weighted by molar-refractivity contribution is 7.14. The fourth-order valence-corrected chi connectivity index (χ4v) is 3.24. The SMILES string of the molecule is O=C(Nc1ccc(Cl)cc1Cl)c1csc(Nc2ccc(OC(F)(F)F)cc2)n1. The molecular weight excluding hydrogens is 438 g/mol. The third kappa shape index (κ3) is 5.51. The standard InChI is InChI=1S/C17H10Cl2F3N3O2S/c18-9-1-6-13(12(19)7-9)24-15(26)14-8-28-16(25-14)23-10-2-4-11(5-3-10)27-17(20,21)22/h1-8H,(H,23,25)(H,24,26). The number of hydrogen-bond donors (Lipinski definition) is 2. The summed E-state index contributed by atoms with van der Waals surface area (Å²) in [5.74, 6) is -0.806. The first-order valence-electron chi connectivity index (χ1n) is 7.54. The minimum atomic E-state index is -4.75. The van der Waals surface area contributed by atoms with E-state index < -0.39 is 12.3 Å². The number of carbonyl (C=O) groups excluding carboxylic acids is 1. The van der Waals surface area contributed by atoms with E-state index in [2.05, 4.69) is 20.4 Å². The molecule has 0 aliphatic carbocycles. The van der Waals surface area contributed by atoms with Crippen LogP contribution in [0, 0.1) is 0 Å². The van der Waals surface area contributed by atoms with Crippen molar-refractivity contribution in [3.63, 3.8) is 0 Å². The van der Waals surface area contributed by atoms with Gasteiger partial charge >= 0.3 is 6.36 Å². The Bertz CT molecular complexity index is 994. The van der Waals surface area contributed by atoms with E-state index in [1.807, 2.05) is 0 Å². The summed E-state index contributed by atoms with van der Waals surface area (Å²) in [6.45, 7) is 0. The highest BCUT2D eigenvalue weighted by atomic mass is 35.5. The Kier molecular flexibility index (Phi) is 5.97. The van der Waals surface area contributed by atoms with Gasteiger partial charge in [0.1, 0.15) is 11.4 Å². The second kappa shape index (κ2) is 8.26. The van der Waals surface area contributed by atoms with Gasteiger partial charge in [-0.25, -0.2) is 4.98 Å². The van der Waals surface area contributed by atoms with Gasteiger partial charge in [0.05, 0.1) is 10.7 Å². The van der Waals surface area contributed by atoms with Gasteiger partial charge in [-0.1, -0.05) is 23.2 Å². The number of nitrogens with zero attached hydrogens (tertiary/aromatic N) is 1. The van der Waals surface area contributed by atoms with E-state index in [4.69, 9.17) is 23.2 Å². The molecule has 0 unspecified atom stereocenters. The summed E-state index contributed by atoms with van der Waals surface area (Å²) >= 11 is 13.0. The molecule has 28 heavy (non-hydrogen) atoms. The van der Waals surface area contributed by atoms with Gasteiger partial charge in [0, 0.05) is 16.1 Å². The van der Waals surface area contributed by atoms with Crippen LogP contribution in [-0.2, 0) is 0 Å². The Labute approximate surface area is 171 Å². The van der Waals surface area contributed by atoms with Crippen molar-refractivity contribution in [2.75, 3.05) is 10.6 Å². The summed E-state index contributed by atoms with van der Waals surface area (Å²) < 4.78 is 40.3. The van der Waals surface area contributed by atoms with Crippen molar-refractivity contribution in [2.24, 2.45) is 0 Å². The highest BCUT2D eigenvalue weighted by Gasteiger charge is 2.30. The molecule has 0 spiro atoms. The third-order valence-electron chi connectivity index (χ3n) is 3.26. The van der Waals surface area contributed by atoms with Crippen LogP contribution in [0.4, 0.5) is 29.7 Å². The number of hydrogen-bond acceptors (Lipinski definition) is 5. The van der Waals surface area contributed by atoms with E-state index in [1.165, 1.54) is 35.7 Å². The minimum absolute atomic E-state index is 0.149. The van der Waals surface area contributed by atoms with Gasteiger partial charge in [-0.15, -0.1) is 24.5 Å². The molecule has 0 saturated heterocycles. The molecule has 0 fully saturated rings. The first kappa shape index (κ1) is 20.2. The Morgan fingerprint density at radius 3 is 2.46 bits per heavy atom. The molecule has 0 bridgehead atoms. The second-order valence-corrected chi connectivity index (χ2v) is 7.02. The highest BCUT2D eigenvalue weighted by Crippen LogP contribution is 2.28. The average molecular weight is 448 g/mol. The number of thiazole rings is 1. The van der Waals surface area contributed by atoms with Crippen molar-refractivity contribution in [3.8, 4) is 5.75 Å². The molecule has 3 rings (SSSR count). The smallest absolute Gasteiger partial charge is 0.406 e. The van der Waals surface area contributed by atoms with Crippen LogP contribution in [0.1, 0.15) is 10.5 Å². The number of amides is 1. The molecule has 1 amide bonds. The zero-order valence-corrected chi connectivity index (χ0v) is 16.0. The lowest BCUT2D eigenvalue weighted by atomic mass is 10.3. The molecule has 0 saturated carbocycles. The molecule has 0 radical (unpaired) electrons. The maximum Gasteiger partial charge on any atom is 0.573 e. The Hall–Kier alpha value is -2.49. The zero-order valence-electron chi connectivity index (χ0n) is 13.7. The maximum atomic E-state index is 12.3. The molecule has 11 heteroatoms. The number of alkyl halides is 3. The Morgan fingerprint density at radius 1 is 1.11 bits per heavy atom. The largest absolute Gasteiger partial charge is 0.573 e. The molecule has 0 aliphatic rings. The van der Waals surface area contributed by atoms with Gasteiger partial charge in [0.15, 0.2) is 5.13 Å². The van der Waals surface area contributed by atoms with Gasteiger partial charge in [-0.05, 0) is 42.5 Å². The summed E-state index contributed by atoms with van der Waals surface area (Å²) in [6.07, 6.45) is -4.75. The zero-order chi connectivity index (χ0) is 20.3. The van der Waals surface area contributed by atoms with Gasteiger partial charge in [-0.3, -0.25) is 4.79 Å². The van der Waals surface area contributed by atoms with E-state index in [1.54, 1.807) is 12.1 Å². The molecule has 2 aromatic carbocycles. The quantitative estimate of drug-likeness (QED) is 0.478. The number of nitrogens with one attached hydrogen (secondary N) is 2. The van der Waals surface area contributed by atoms with Gasteiger partial charge in [-0.2, -0.15) is 0 Å². The monoisotopic (exact) mass is 447 g/mol. The van der Waals surface area contributed by atoms with Gasteiger partial charge in [0.2, 0.25) is 0 Å². The van der Waals surface area contributed by atoms with Crippen LogP contribution in [0.3, 0.4) is 0 Å². The summed E-state index contributed by atoms with van der Waals surface area (Å²) in [5, 5.41) is 8.17. The number of ether oxygens (including phenoxy) is 1. The van der Waals surface area contributed by atoms with E-state index in [9.17, 15) is 18.0 Å². The number of carbonyl (C=O) groups is 1. The van der Waals surface area contributed by atoms with E-state index in [-0.39, 0.29) is 16.5 Å². The molecule has 146 valence electrons. The molecule has 1 heterocycles. The predicted octanol–water partition coefficient (Wildman–Crippen LogP) is 6.34. The number of benzene rings is 2. The van der Waals surface area contributed by atoms with Crippen LogP contribution >= 0.6 is 34.5 Å². The molecule has 0 atom stereocenters. The second-order valence-electron chi connectivity index (χ2n) is 5.31. The van der Waals surface area contributed by atoms with Crippen molar-refractivity contribution >= 4 is 57.0 Å². The van der Waals surface area contributed by atoms with Crippen molar-refractivity contribution in [3.05, 3.63) is 63.6 Å². The lowest BCUT2D eigenvalue weighted by molar-refractivity contribution is -0.274. The Morgan fingerprint density at radius 2 is 1.82 bits per heavy atom. The van der Waals surface area contributed by atoms with E-state index in [0.717, 1.165) is 11.3 Å². The van der Waals surface area contributed by atoms with Gasteiger partial charge in [0.25, 0.3) is 5.91 Å². The van der Waals surface area contributed by atoms with Crippen LogP contribution in [0.15, 0.2) is 47.8 Å². The molecule has 2 N–H and O–H groups in total. The number of halogens is 5. The van der Waals surface area contributed by atoms with E-state index in [0.29, 0.717) is 21.5 Å². The number of anilines is 3. The fraction of sp³-hybridized carbons (Fsp3) is 0.0588. The maximum absolute atomic E-state index is 12.3. The van der Waals surface area contributed by atoms with Gasteiger partial charge < -0.3 is 15.4 Å². The predicted molar refractivity (Wildman–Crippen MR) is 103 cm³/mol. The summed E-state index contributed by atoms with van der Waals surface area (Å²) in [6, 6.07) is 9.78. The van der Waals surface area contributed by atoms with Crippen molar-refractivity contribution in [1.82, 2.24) is 4.98 Å². The van der Waals surface area contributed by atoms with Crippen molar-refractivity contribution in [2.45, 2.75) is 6.36 Å². The van der Waals surface area contributed by atoms with Crippen LogP contribution in [0.25, 0.3) is 0 Å². The van der Waals surface area contributed by atoms with Crippen molar-refractivity contribution < 1.29 is 22.7 Å². The van der Waals surface area contributed by atoms with E-state index >= 15 is 0 Å². The number of aromatic nitrogens is 1. The summed E-state index contributed by atoms with van der Waals surface area (Å²) in [4.78, 5) is 16.4. The third-order valence-corrected chi connectivity index (χ3v) is 4.56. The van der Waals surface area contributed by atoms with Crippen LogP contribution < -0.4 is 15.4 Å². The lowest BCUT2D eigenvalue weighted by Crippen LogP contribution is -2.16. The Balaban J connectivity index is 1.64. The minimum Gasteiger partial charge on any atom is -0.406 e. The average Bonchev–Trinajstić information content (AvgIpc) is 3.06. The number of rotatable bonds is 5. The lowest BCUT2D eigenvalue weighted by Gasteiger charge is -2.09. The topological polar surface area (TPSA) is 63.2 Å². The molecular formula is C17H10Cl2F3N3O2S. The molecule has 3 aromatic rings. The van der Waals surface area contributed by atoms with Crippen LogP contribution in [0.2, 0.25) is 10.0 Å². The fourth-order valence-electron chi connectivity index (χ4n) is 2.08.